The maximum atomic E-state index is 12.8. The highest BCUT2D eigenvalue weighted by atomic mass is 16.3. The zero-order chi connectivity index (χ0) is 19.2. The minimum absolute atomic E-state index is 0.129. The van der Waals surface area contributed by atoms with Crippen LogP contribution >= 0.6 is 0 Å². The van der Waals surface area contributed by atoms with E-state index in [1.807, 2.05) is 36.4 Å². The molecule has 0 aliphatic rings. The molecule has 0 bridgehead atoms. The summed E-state index contributed by atoms with van der Waals surface area (Å²) in [5.74, 6) is -0.953. The van der Waals surface area contributed by atoms with Crippen LogP contribution in [0, 0.1) is 11.3 Å². The van der Waals surface area contributed by atoms with Crippen molar-refractivity contribution in [2.75, 3.05) is 6.54 Å². The average Bonchev–Trinajstić information content (AvgIpc) is 2.69. The fourth-order valence-electron chi connectivity index (χ4n) is 3.03. The summed E-state index contributed by atoms with van der Waals surface area (Å²) < 4.78 is 1.37. The maximum absolute atomic E-state index is 12.8. The molecule has 1 aromatic heterocycles. The van der Waals surface area contributed by atoms with E-state index in [1.165, 1.54) is 4.57 Å². The minimum Gasteiger partial charge on any atom is -0.506 e. The summed E-state index contributed by atoms with van der Waals surface area (Å²) in [6, 6.07) is 18.4. The van der Waals surface area contributed by atoms with Gasteiger partial charge in [-0.1, -0.05) is 42.5 Å². The number of para-hydroxylation sites is 1. The van der Waals surface area contributed by atoms with Gasteiger partial charge < -0.3 is 15.0 Å². The van der Waals surface area contributed by atoms with Crippen LogP contribution in [0.4, 0.5) is 0 Å². The highest BCUT2D eigenvalue weighted by Gasteiger charge is 2.21. The van der Waals surface area contributed by atoms with E-state index in [4.69, 9.17) is 5.26 Å². The van der Waals surface area contributed by atoms with Gasteiger partial charge in [0, 0.05) is 18.5 Å². The van der Waals surface area contributed by atoms with Gasteiger partial charge in [-0.15, -0.1) is 0 Å². The topological polar surface area (TPSA) is 95.1 Å². The molecular formula is C21H19N3O3. The number of aromatic nitrogens is 1. The number of hydrogen-bond donors (Lipinski definition) is 2. The van der Waals surface area contributed by atoms with Gasteiger partial charge >= 0.3 is 0 Å². The number of rotatable bonds is 6. The summed E-state index contributed by atoms with van der Waals surface area (Å²) in [5, 5.41) is 22.5. The molecule has 0 atom stereocenters. The van der Waals surface area contributed by atoms with Gasteiger partial charge in [-0.05, 0) is 24.1 Å². The predicted octanol–water partition coefficient (Wildman–Crippen LogP) is 2.59. The second-order valence-electron chi connectivity index (χ2n) is 6.10. The Morgan fingerprint density at radius 1 is 1.11 bits per heavy atom. The van der Waals surface area contributed by atoms with Crippen LogP contribution in [0.5, 0.6) is 5.75 Å². The molecule has 0 radical (unpaired) electrons. The molecule has 0 saturated carbocycles. The van der Waals surface area contributed by atoms with Crippen LogP contribution in [0.25, 0.3) is 10.9 Å². The number of pyridine rings is 1. The van der Waals surface area contributed by atoms with E-state index in [-0.39, 0.29) is 24.3 Å². The lowest BCUT2D eigenvalue weighted by atomic mass is 10.1. The smallest absolute Gasteiger partial charge is 0.267 e. The van der Waals surface area contributed by atoms with Crippen molar-refractivity contribution in [1.82, 2.24) is 9.88 Å². The molecule has 0 aliphatic carbocycles. The van der Waals surface area contributed by atoms with Gasteiger partial charge in [0.1, 0.15) is 11.3 Å². The summed E-state index contributed by atoms with van der Waals surface area (Å²) in [7, 11) is 0. The Balaban J connectivity index is 1.92. The van der Waals surface area contributed by atoms with Gasteiger partial charge in [-0.2, -0.15) is 5.26 Å². The van der Waals surface area contributed by atoms with Crippen LogP contribution in [0.3, 0.4) is 0 Å². The fourth-order valence-corrected chi connectivity index (χ4v) is 3.03. The lowest BCUT2D eigenvalue weighted by Crippen LogP contribution is -2.34. The first-order chi connectivity index (χ1) is 13.1. The van der Waals surface area contributed by atoms with E-state index in [1.54, 1.807) is 24.3 Å². The molecule has 0 spiro atoms. The van der Waals surface area contributed by atoms with Crippen molar-refractivity contribution in [3.05, 3.63) is 76.1 Å². The molecule has 3 rings (SSSR count). The monoisotopic (exact) mass is 361 g/mol. The number of aromatic hydroxyl groups is 1. The molecule has 1 heterocycles. The van der Waals surface area contributed by atoms with Crippen molar-refractivity contribution in [3.63, 3.8) is 0 Å². The molecule has 0 fully saturated rings. The predicted molar refractivity (Wildman–Crippen MR) is 103 cm³/mol. The van der Waals surface area contributed by atoms with E-state index in [0.717, 1.165) is 5.56 Å². The number of carbonyl (C=O) groups is 1. The first-order valence-electron chi connectivity index (χ1n) is 8.67. The summed E-state index contributed by atoms with van der Waals surface area (Å²) >= 11 is 0. The quantitative estimate of drug-likeness (QED) is 0.705. The van der Waals surface area contributed by atoms with E-state index < -0.39 is 11.5 Å². The minimum atomic E-state index is -0.620. The standard InChI is InChI=1S/C21H19N3O3/c22-12-6-14-24-17-10-5-4-9-16(17)19(25)18(21(24)27)20(26)23-13-11-15-7-2-1-3-8-15/h1-5,7-10,25H,6,11,13-14H2,(H,23,26). The summed E-state index contributed by atoms with van der Waals surface area (Å²) in [6.07, 6.45) is 0.743. The lowest BCUT2D eigenvalue weighted by Gasteiger charge is -2.14. The first-order valence-corrected chi connectivity index (χ1v) is 8.67. The third-order valence-electron chi connectivity index (χ3n) is 4.36. The molecule has 3 aromatic rings. The Morgan fingerprint density at radius 2 is 1.81 bits per heavy atom. The van der Waals surface area contributed by atoms with Gasteiger partial charge in [0.25, 0.3) is 11.5 Å². The van der Waals surface area contributed by atoms with Crippen molar-refractivity contribution in [1.29, 1.82) is 5.26 Å². The Kier molecular flexibility index (Phi) is 5.53. The number of nitrogens with zero attached hydrogens (tertiary/aromatic N) is 2. The van der Waals surface area contributed by atoms with Crippen molar-refractivity contribution in [2.45, 2.75) is 19.4 Å². The number of fused-ring (bicyclic) bond motifs is 1. The molecule has 27 heavy (non-hydrogen) atoms. The molecule has 136 valence electrons. The second kappa shape index (κ2) is 8.19. The summed E-state index contributed by atoms with van der Waals surface area (Å²) in [4.78, 5) is 25.4. The molecule has 0 aliphatic heterocycles. The molecule has 2 aromatic carbocycles. The van der Waals surface area contributed by atoms with Crippen LogP contribution in [-0.4, -0.2) is 22.1 Å². The number of aryl methyl sites for hydroxylation is 1. The highest BCUT2D eigenvalue weighted by molar-refractivity contribution is 6.02. The van der Waals surface area contributed by atoms with Gasteiger partial charge in [0.15, 0.2) is 0 Å². The molecule has 0 unspecified atom stereocenters. The Morgan fingerprint density at radius 3 is 2.56 bits per heavy atom. The van der Waals surface area contributed by atoms with Crippen molar-refractivity contribution in [3.8, 4) is 11.8 Å². The number of carbonyl (C=O) groups excluding carboxylic acids is 1. The zero-order valence-electron chi connectivity index (χ0n) is 14.7. The van der Waals surface area contributed by atoms with E-state index in [2.05, 4.69) is 5.32 Å². The fraction of sp³-hybridized carbons (Fsp3) is 0.190. The SMILES string of the molecule is N#CCCn1c(=O)c(C(=O)NCCc2ccccc2)c(O)c2ccccc21. The number of hydrogen-bond acceptors (Lipinski definition) is 4. The molecule has 0 saturated heterocycles. The molecule has 6 heteroatoms. The van der Waals surface area contributed by atoms with Crippen LogP contribution in [0.15, 0.2) is 59.4 Å². The van der Waals surface area contributed by atoms with Gasteiger partial charge in [0.2, 0.25) is 0 Å². The largest absolute Gasteiger partial charge is 0.506 e. The van der Waals surface area contributed by atoms with Gasteiger partial charge in [-0.25, -0.2) is 0 Å². The van der Waals surface area contributed by atoms with Crippen LogP contribution < -0.4 is 10.9 Å². The van der Waals surface area contributed by atoms with Crippen LogP contribution in [-0.2, 0) is 13.0 Å². The number of amides is 1. The molecular weight excluding hydrogens is 342 g/mol. The third kappa shape index (κ3) is 3.82. The van der Waals surface area contributed by atoms with E-state index in [9.17, 15) is 14.7 Å². The van der Waals surface area contributed by atoms with Crippen LogP contribution in [0.1, 0.15) is 22.3 Å². The maximum Gasteiger partial charge on any atom is 0.267 e. The number of nitriles is 1. The van der Waals surface area contributed by atoms with E-state index in [0.29, 0.717) is 23.9 Å². The zero-order valence-corrected chi connectivity index (χ0v) is 14.7. The van der Waals surface area contributed by atoms with Crippen molar-refractivity contribution < 1.29 is 9.90 Å². The van der Waals surface area contributed by atoms with Gasteiger partial charge in [-0.3, -0.25) is 9.59 Å². The molecule has 6 nitrogen and oxygen atoms in total. The van der Waals surface area contributed by atoms with Crippen LogP contribution in [0.2, 0.25) is 0 Å². The summed E-state index contributed by atoms with van der Waals surface area (Å²) in [5.41, 5.74) is 0.668. The lowest BCUT2D eigenvalue weighted by molar-refractivity contribution is 0.0949. The normalized spacial score (nSPS) is 10.5. The Hall–Kier alpha value is -3.59. The summed E-state index contributed by atoms with van der Waals surface area (Å²) in [6.45, 7) is 0.493. The Bertz CT molecular complexity index is 1070. The average molecular weight is 361 g/mol. The number of nitrogens with one attached hydrogen (secondary N) is 1. The molecule has 2 N–H and O–H groups in total. The Labute approximate surface area is 156 Å². The third-order valence-corrected chi connectivity index (χ3v) is 4.36. The molecule has 1 amide bonds. The van der Waals surface area contributed by atoms with Crippen molar-refractivity contribution >= 4 is 16.8 Å². The van der Waals surface area contributed by atoms with Crippen molar-refractivity contribution in [2.24, 2.45) is 0 Å². The first kappa shape index (κ1) is 18.2. The van der Waals surface area contributed by atoms with Gasteiger partial charge in [0.05, 0.1) is 18.0 Å². The highest BCUT2D eigenvalue weighted by Crippen LogP contribution is 2.26. The van der Waals surface area contributed by atoms with E-state index >= 15 is 0 Å². The number of benzene rings is 2. The second-order valence-corrected chi connectivity index (χ2v) is 6.10.